The normalized spacial score (nSPS) is 15.5. The molecule has 1 aliphatic heterocycles. The molecule has 7 nitrogen and oxygen atoms in total. The minimum Gasteiger partial charge on any atom is -0.383 e. The van der Waals surface area contributed by atoms with Crippen LogP contribution in [-0.4, -0.2) is 47.9 Å². The van der Waals surface area contributed by atoms with Crippen molar-refractivity contribution in [1.82, 2.24) is 20.4 Å². The van der Waals surface area contributed by atoms with Crippen molar-refractivity contribution in [3.05, 3.63) is 53.1 Å². The maximum atomic E-state index is 12.9. The van der Waals surface area contributed by atoms with E-state index >= 15 is 0 Å². The summed E-state index contributed by atoms with van der Waals surface area (Å²) in [5.41, 5.74) is 2.04. The van der Waals surface area contributed by atoms with E-state index < -0.39 is 0 Å². The van der Waals surface area contributed by atoms with Crippen LogP contribution in [0.4, 0.5) is 4.39 Å². The minimum atomic E-state index is -0.322. The highest BCUT2D eigenvalue weighted by Gasteiger charge is 2.26. The number of hydrogen-bond acceptors (Lipinski definition) is 4. The van der Waals surface area contributed by atoms with E-state index in [1.54, 1.807) is 30.0 Å². The molecule has 0 aliphatic carbocycles. The molecule has 2 N–H and O–H groups in total. The fourth-order valence-corrected chi connectivity index (χ4v) is 2.93. The van der Waals surface area contributed by atoms with Gasteiger partial charge < -0.3 is 15.4 Å². The number of carbonyl (C=O) groups excluding carboxylic acids is 2. The van der Waals surface area contributed by atoms with Gasteiger partial charge in [-0.05, 0) is 23.8 Å². The predicted octanol–water partition coefficient (Wildman–Crippen LogP) is 0.682. The topological polar surface area (TPSA) is 85.2 Å². The van der Waals surface area contributed by atoms with Gasteiger partial charge in [0.25, 0.3) is 5.91 Å². The molecule has 0 spiro atoms. The lowest BCUT2D eigenvalue weighted by Crippen LogP contribution is -2.37. The molecule has 1 aliphatic rings. The first-order chi connectivity index (χ1) is 12.5. The number of nitrogens with zero attached hydrogens (tertiary/aromatic N) is 2. The van der Waals surface area contributed by atoms with Crippen molar-refractivity contribution in [2.24, 2.45) is 0 Å². The highest BCUT2D eigenvalue weighted by atomic mass is 19.1. The smallest absolute Gasteiger partial charge is 0.271 e. The van der Waals surface area contributed by atoms with Crippen LogP contribution in [0.15, 0.2) is 30.3 Å². The molecule has 3 rings (SSSR count). The van der Waals surface area contributed by atoms with Gasteiger partial charge in [-0.3, -0.25) is 14.3 Å². The maximum absolute atomic E-state index is 12.9. The van der Waals surface area contributed by atoms with Crippen LogP contribution in [0.5, 0.6) is 0 Å². The van der Waals surface area contributed by atoms with Gasteiger partial charge in [-0.1, -0.05) is 12.1 Å². The number of methoxy groups -OCH3 is 1. The fourth-order valence-electron chi connectivity index (χ4n) is 2.93. The third kappa shape index (κ3) is 4.45. The number of benzene rings is 1. The van der Waals surface area contributed by atoms with E-state index in [-0.39, 0.29) is 30.1 Å². The Bertz CT molecular complexity index is 765. The lowest BCUT2D eigenvalue weighted by molar-refractivity contribution is -0.121. The Labute approximate surface area is 150 Å². The van der Waals surface area contributed by atoms with Gasteiger partial charge in [0.2, 0.25) is 5.91 Å². The molecule has 0 saturated heterocycles. The number of nitrogens with one attached hydrogen (secondary N) is 2. The average molecular weight is 360 g/mol. The highest BCUT2D eigenvalue weighted by molar-refractivity contribution is 5.92. The molecule has 0 unspecified atom stereocenters. The molecule has 26 heavy (non-hydrogen) atoms. The van der Waals surface area contributed by atoms with Gasteiger partial charge in [0, 0.05) is 25.8 Å². The first kappa shape index (κ1) is 18.1. The fraction of sp³-hybridized carbons (Fsp3) is 0.389. The van der Waals surface area contributed by atoms with E-state index in [2.05, 4.69) is 15.7 Å². The third-order valence-corrected chi connectivity index (χ3v) is 4.18. The Morgan fingerprint density at radius 2 is 2.12 bits per heavy atom. The van der Waals surface area contributed by atoms with Gasteiger partial charge in [-0.2, -0.15) is 5.10 Å². The minimum absolute atomic E-state index is 0.0592. The van der Waals surface area contributed by atoms with Crippen molar-refractivity contribution in [3.63, 3.8) is 0 Å². The van der Waals surface area contributed by atoms with E-state index in [0.29, 0.717) is 31.8 Å². The molecular weight excluding hydrogens is 339 g/mol. The second kappa shape index (κ2) is 8.09. The monoisotopic (exact) mass is 360 g/mol. The molecule has 0 radical (unpaired) electrons. The number of rotatable bonds is 7. The van der Waals surface area contributed by atoms with Crippen LogP contribution < -0.4 is 10.6 Å². The second-order valence-corrected chi connectivity index (χ2v) is 6.22. The van der Waals surface area contributed by atoms with Crippen molar-refractivity contribution < 1.29 is 18.7 Å². The number of ether oxygens (including phenoxy) is 1. The number of carbonyl (C=O) groups is 2. The summed E-state index contributed by atoms with van der Waals surface area (Å²) in [6.07, 6.45) is 0.819. The van der Waals surface area contributed by atoms with Gasteiger partial charge in [-0.25, -0.2) is 4.39 Å². The molecule has 0 saturated carbocycles. The summed E-state index contributed by atoms with van der Waals surface area (Å²) in [5, 5.41) is 9.97. The molecule has 2 amide bonds. The maximum Gasteiger partial charge on any atom is 0.271 e. The molecule has 8 heteroatoms. The average Bonchev–Trinajstić information content (AvgIpc) is 3.15. The predicted molar refractivity (Wildman–Crippen MR) is 92.2 cm³/mol. The summed E-state index contributed by atoms with van der Waals surface area (Å²) < 4.78 is 19.5. The Morgan fingerprint density at radius 3 is 2.81 bits per heavy atom. The zero-order chi connectivity index (χ0) is 18.5. The van der Waals surface area contributed by atoms with Crippen molar-refractivity contribution in [1.29, 1.82) is 0 Å². The van der Waals surface area contributed by atoms with Crippen LogP contribution in [0.2, 0.25) is 0 Å². The van der Waals surface area contributed by atoms with Crippen molar-refractivity contribution in [2.75, 3.05) is 20.3 Å². The van der Waals surface area contributed by atoms with Gasteiger partial charge in [0.15, 0.2) is 0 Å². The van der Waals surface area contributed by atoms with Crippen LogP contribution in [0, 0.1) is 5.82 Å². The van der Waals surface area contributed by atoms with Gasteiger partial charge in [-0.15, -0.1) is 0 Å². The summed E-state index contributed by atoms with van der Waals surface area (Å²) in [7, 11) is 1.57. The first-order valence-electron chi connectivity index (χ1n) is 8.43. The quantitative estimate of drug-likeness (QED) is 0.711. The second-order valence-electron chi connectivity index (χ2n) is 6.22. The van der Waals surface area contributed by atoms with Crippen LogP contribution in [0.3, 0.4) is 0 Å². The van der Waals surface area contributed by atoms with Crippen LogP contribution in [-0.2, 0) is 28.9 Å². The van der Waals surface area contributed by atoms with Crippen LogP contribution in [0.25, 0.3) is 0 Å². The molecule has 2 heterocycles. The number of aromatic nitrogens is 2. The molecular formula is C18H21FN4O3. The Hall–Kier alpha value is -2.74. The standard InChI is InChI=1S/C18H21FN4O3/c1-26-7-6-20-18(25)16-10-15-9-14(11-23(15)22-16)21-17(24)8-12-2-4-13(19)5-3-12/h2-5,10,14H,6-9,11H2,1H3,(H,20,25)(H,21,24)/t14-/m0/s1. The Balaban J connectivity index is 1.49. The molecule has 2 aromatic rings. The summed E-state index contributed by atoms with van der Waals surface area (Å²) in [6, 6.07) is 7.57. The van der Waals surface area contributed by atoms with Crippen molar-refractivity contribution in [2.45, 2.75) is 25.4 Å². The first-order valence-corrected chi connectivity index (χ1v) is 8.43. The highest BCUT2D eigenvalue weighted by Crippen LogP contribution is 2.16. The van der Waals surface area contributed by atoms with E-state index in [0.717, 1.165) is 11.3 Å². The molecule has 1 atom stereocenters. The van der Waals surface area contributed by atoms with E-state index in [4.69, 9.17) is 4.74 Å². The van der Waals surface area contributed by atoms with Gasteiger partial charge in [0.1, 0.15) is 11.5 Å². The Morgan fingerprint density at radius 1 is 1.35 bits per heavy atom. The molecule has 1 aromatic heterocycles. The molecule has 0 fully saturated rings. The zero-order valence-corrected chi connectivity index (χ0v) is 14.5. The van der Waals surface area contributed by atoms with Crippen LogP contribution in [0.1, 0.15) is 21.7 Å². The van der Waals surface area contributed by atoms with E-state index in [1.165, 1.54) is 12.1 Å². The summed E-state index contributed by atoms with van der Waals surface area (Å²) in [6.45, 7) is 1.40. The van der Waals surface area contributed by atoms with Gasteiger partial charge >= 0.3 is 0 Å². The molecule has 0 bridgehead atoms. The van der Waals surface area contributed by atoms with E-state index in [9.17, 15) is 14.0 Å². The molecule has 138 valence electrons. The van der Waals surface area contributed by atoms with Crippen molar-refractivity contribution in [3.8, 4) is 0 Å². The van der Waals surface area contributed by atoms with Gasteiger partial charge in [0.05, 0.1) is 25.6 Å². The Kier molecular flexibility index (Phi) is 5.62. The zero-order valence-electron chi connectivity index (χ0n) is 14.5. The third-order valence-electron chi connectivity index (χ3n) is 4.18. The number of fused-ring (bicyclic) bond motifs is 1. The van der Waals surface area contributed by atoms with E-state index in [1.807, 2.05) is 0 Å². The largest absolute Gasteiger partial charge is 0.383 e. The summed E-state index contributed by atoms with van der Waals surface area (Å²) in [4.78, 5) is 24.1. The van der Waals surface area contributed by atoms with Crippen molar-refractivity contribution >= 4 is 11.8 Å². The van der Waals surface area contributed by atoms with Crippen LogP contribution >= 0.6 is 0 Å². The SMILES string of the molecule is COCCNC(=O)c1cc2n(n1)C[C@@H](NC(=O)Cc1ccc(F)cc1)C2. The molecule has 1 aromatic carbocycles. The number of hydrogen-bond donors (Lipinski definition) is 2. The summed E-state index contributed by atoms with van der Waals surface area (Å²) in [5.74, 6) is -0.678. The number of halogens is 1. The number of amides is 2. The lowest BCUT2D eigenvalue weighted by atomic mass is 10.1. The lowest BCUT2D eigenvalue weighted by Gasteiger charge is -2.12. The summed E-state index contributed by atoms with van der Waals surface area (Å²) >= 11 is 0.